The van der Waals surface area contributed by atoms with Gasteiger partial charge in [-0.25, -0.2) is 4.79 Å². The molecule has 0 bridgehead atoms. The first kappa shape index (κ1) is 20.2. The standard InChI is InChI=1S/C18H37N3O2/c1-6-12-20-14-9-16(10-15-20)19-11-8-13-21(7-2)17(22)23-18(3,4)5/h16,19H,6-15H2,1-5H3. The van der Waals surface area contributed by atoms with Crippen molar-refractivity contribution < 1.29 is 9.53 Å². The fraction of sp³-hybridized carbons (Fsp3) is 0.944. The topological polar surface area (TPSA) is 44.8 Å². The molecule has 1 aliphatic rings. The zero-order valence-electron chi connectivity index (χ0n) is 15.9. The summed E-state index contributed by atoms with van der Waals surface area (Å²) in [5.41, 5.74) is -0.421. The van der Waals surface area contributed by atoms with E-state index in [0.29, 0.717) is 12.6 Å². The second-order valence-electron chi connectivity index (χ2n) is 7.48. The van der Waals surface area contributed by atoms with Crippen molar-refractivity contribution >= 4 is 6.09 Å². The molecule has 0 aromatic rings. The molecule has 0 aliphatic carbocycles. The zero-order valence-corrected chi connectivity index (χ0v) is 15.9. The average Bonchev–Trinajstić information content (AvgIpc) is 2.47. The van der Waals surface area contributed by atoms with Crippen LogP contribution in [0.4, 0.5) is 4.79 Å². The largest absolute Gasteiger partial charge is 0.444 e. The van der Waals surface area contributed by atoms with E-state index in [2.05, 4.69) is 17.1 Å². The van der Waals surface area contributed by atoms with Crippen LogP contribution in [0.3, 0.4) is 0 Å². The summed E-state index contributed by atoms with van der Waals surface area (Å²) in [5, 5.41) is 3.65. The van der Waals surface area contributed by atoms with Gasteiger partial charge in [0.15, 0.2) is 0 Å². The Morgan fingerprint density at radius 1 is 1.26 bits per heavy atom. The maximum Gasteiger partial charge on any atom is 0.410 e. The third kappa shape index (κ3) is 8.56. The lowest BCUT2D eigenvalue weighted by Gasteiger charge is -2.32. The van der Waals surface area contributed by atoms with Gasteiger partial charge in [0, 0.05) is 19.1 Å². The Kier molecular flexibility index (Phi) is 8.92. The van der Waals surface area contributed by atoms with Gasteiger partial charge in [0.1, 0.15) is 5.60 Å². The molecule has 0 spiro atoms. The molecular formula is C18H37N3O2. The van der Waals surface area contributed by atoms with Crippen LogP contribution >= 0.6 is 0 Å². The van der Waals surface area contributed by atoms with Gasteiger partial charge < -0.3 is 19.9 Å². The average molecular weight is 328 g/mol. The molecule has 0 aromatic heterocycles. The van der Waals surface area contributed by atoms with Crippen molar-refractivity contribution in [2.24, 2.45) is 0 Å². The SMILES string of the molecule is CCCN1CCC(NCCCN(CC)C(=O)OC(C)(C)C)CC1. The van der Waals surface area contributed by atoms with E-state index in [1.165, 1.54) is 38.9 Å². The quantitative estimate of drug-likeness (QED) is 0.696. The molecule has 1 fully saturated rings. The summed E-state index contributed by atoms with van der Waals surface area (Å²) in [7, 11) is 0. The number of hydrogen-bond donors (Lipinski definition) is 1. The number of nitrogens with one attached hydrogen (secondary N) is 1. The molecule has 136 valence electrons. The number of piperidine rings is 1. The molecule has 5 nitrogen and oxygen atoms in total. The highest BCUT2D eigenvalue weighted by molar-refractivity contribution is 5.68. The number of ether oxygens (including phenoxy) is 1. The van der Waals surface area contributed by atoms with Crippen LogP contribution in [0.25, 0.3) is 0 Å². The Labute approximate surface area is 142 Å². The van der Waals surface area contributed by atoms with Crippen LogP contribution in [0, 0.1) is 0 Å². The van der Waals surface area contributed by atoms with Crippen LogP contribution in [0.2, 0.25) is 0 Å². The summed E-state index contributed by atoms with van der Waals surface area (Å²) >= 11 is 0. The minimum Gasteiger partial charge on any atom is -0.444 e. The van der Waals surface area contributed by atoms with Gasteiger partial charge in [0.25, 0.3) is 0 Å². The Morgan fingerprint density at radius 2 is 1.91 bits per heavy atom. The normalized spacial score (nSPS) is 17.3. The summed E-state index contributed by atoms with van der Waals surface area (Å²) in [6.07, 6.45) is 4.50. The van der Waals surface area contributed by atoms with Gasteiger partial charge in [-0.3, -0.25) is 0 Å². The fourth-order valence-electron chi connectivity index (χ4n) is 2.96. The molecule has 1 amide bonds. The lowest BCUT2D eigenvalue weighted by Crippen LogP contribution is -2.43. The Morgan fingerprint density at radius 3 is 2.43 bits per heavy atom. The van der Waals surface area contributed by atoms with Gasteiger partial charge in [-0.05, 0) is 79.6 Å². The lowest BCUT2D eigenvalue weighted by molar-refractivity contribution is 0.0258. The number of amides is 1. The minimum atomic E-state index is -0.421. The van der Waals surface area contributed by atoms with E-state index in [1.807, 2.05) is 27.7 Å². The van der Waals surface area contributed by atoms with Gasteiger partial charge in [0.2, 0.25) is 0 Å². The summed E-state index contributed by atoms with van der Waals surface area (Å²) in [4.78, 5) is 16.4. The van der Waals surface area contributed by atoms with Crippen LogP contribution in [0.1, 0.15) is 60.3 Å². The third-order valence-corrected chi connectivity index (χ3v) is 4.20. The van der Waals surface area contributed by atoms with Gasteiger partial charge in [-0.2, -0.15) is 0 Å². The van der Waals surface area contributed by atoms with Gasteiger partial charge in [-0.15, -0.1) is 0 Å². The monoisotopic (exact) mass is 327 g/mol. The van der Waals surface area contributed by atoms with Crippen molar-refractivity contribution in [3.05, 3.63) is 0 Å². The molecule has 1 N–H and O–H groups in total. The van der Waals surface area contributed by atoms with E-state index in [0.717, 1.165) is 19.5 Å². The zero-order chi connectivity index (χ0) is 17.3. The van der Waals surface area contributed by atoms with Crippen molar-refractivity contribution in [3.63, 3.8) is 0 Å². The van der Waals surface area contributed by atoms with Crippen LogP contribution < -0.4 is 5.32 Å². The van der Waals surface area contributed by atoms with Gasteiger partial charge >= 0.3 is 6.09 Å². The molecule has 0 aromatic carbocycles. The summed E-state index contributed by atoms with van der Waals surface area (Å²) in [6.45, 7) is 16.1. The molecule has 0 unspecified atom stereocenters. The first-order valence-electron chi connectivity index (χ1n) is 9.29. The highest BCUT2D eigenvalue weighted by Crippen LogP contribution is 2.11. The highest BCUT2D eigenvalue weighted by Gasteiger charge is 2.21. The molecular weight excluding hydrogens is 290 g/mol. The maximum absolute atomic E-state index is 12.1. The third-order valence-electron chi connectivity index (χ3n) is 4.20. The molecule has 5 heteroatoms. The molecule has 0 radical (unpaired) electrons. The van der Waals surface area contributed by atoms with E-state index in [-0.39, 0.29) is 6.09 Å². The Hall–Kier alpha value is -0.810. The molecule has 1 rings (SSSR count). The van der Waals surface area contributed by atoms with Crippen molar-refractivity contribution in [1.29, 1.82) is 0 Å². The number of hydrogen-bond acceptors (Lipinski definition) is 4. The minimum absolute atomic E-state index is 0.201. The second-order valence-corrected chi connectivity index (χ2v) is 7.48. The van der Waals surface area contributed by atoms with Crippen molar-refractivity contribution in [1.82, 2.24) is 15.1 Å². The summed E-state index contributed by atoms with van der Waals surface area (Å²) in [6, 6.07) is 0.639. The number of carbonyl (C=O) groups excluding carboxylic acids is 1. The van der Waals surface area contributed by atoms with Crippen LogP contribution in [-0.4, -0.2) is 66.8 Å². The number of rotatable bonds is 8. The predicted molar refractivity (Wildman–Crippen MR) is 95.9 cm³/mol. The van der Waals surface area contributed by atoms with E-state index in [4.69, 9.17) is 4.74 Å². The fourth-order valence-corrected chi connectivity index (χ4v) is 2.96. The van der Waals surface area contributed by atoms with Crippen molar-refractivity contribution in [2.75, 3.05) is 39.3 Å². The highest BCUT2D eigenvalue weighted by atomic mass is 16.6. The second kappa shape index (κ2) is 10.1. The number of carbonyl (C=O) groups is 1. The smallest absolute Gasteiger partial charge is 0.410 e. The first-order valence-corrected chi connectivity index (χ1v) is 9.29. The molecule has 1 saturated heterocycles. The molecule has 1 heterocycles. The maximum atomic E-state index is 12.1. The van der Waals surface area contributed by atoms with E-state index < -0.39 is 5.60 Å². The summed E-state index contributed by atoms with van der Waals surface area (Å²) in [5.74, 6) is 0. The number of nitrogens with zero attached hydrogens (tertiary/aromatic N) is 2. The number of likely N-dealkylation sites (tertiary alicyclic amines) is 1. The Bertz CT molecular complexity index is 334. The van der Waals surface area contributed by atoms with Crippen LogP contribution in [0.5, 0.6) is 0 Å². The molecule has 1 aliphatic heterocycles. The van der Waals surface area contributed by atoms with Gasteiger partial charge in [0.05, 0.1) is 0 Å². The van der Waals surface area contributed by atoms with Crippen LogP contribution in [0.15, 0.2) is 0 Å². The predicted octanol–water partition coefficient (Wildman–Crippen LogP) is 3.10. The molecule has 0 atom stereocenters. The van der Waals surface area contributed by atoms with Crippen LogP contribution in [-0.2, 0) is 4.74 Å². The molecule has 0 saturated carbocycles. The van der Waals surface area contributed by atoms with E-state index in [9.17, 15) is 4.79 Å². The summed E-state index contributed by atoms with van der Waals surface area (Å²) < 4.78 is 5.43. The Balaban J connectivity index is 2.17. The van der Waals surface area contributed by atoms with Crippen molar-refractivity contribution in [3.8, 4) is 0 Å². The van der Waals surface area contributed by atoms with Gasteiger partial charge in [-0.1, -0.05) is 6.92 Å². The molecule has 23 heavy (non-hydrogen) atoms. The lowest BCUT2D eigenvalue weighted by atomic mass is 10.0. The van der Waals surface area contributed by atoms with E-state index in [1.54, 1.807) is 4.90 Å². The van der Waals surface area contributed by atoms with E-state index >= 15 is 0 Å². The van der Waals surface area contributed by atoms with Crippen molar-refractivity contribution in [2.45, 2.75) is 71.9 Å². The first-order chi connectivity index (χ1) is 10.9.